The van der Waals surface area contributed by atoms with Gasteiger partial charge in [0.05, 0.1) is 11.9 Å². The lowest BCUT2D eigenvalue weighted by molar-refractivity contribution is -0.140. The van der Waals surface area contributed by atoms with Gasteiger partial charge >= 0.3 is 0 Å². The summed E-state index contributed by atoms with van der Waals surface area (Å²) >= 11 is 0. The maximum Gasteiger partial charge on any atom is 0.244 e. The van der Waals surface area contributed by atoms with Gasteiger partial charge in [-0.2, -0.15) is 0 Å². The molecule has 1 saturated carbocycles. The zero-order chi connectivity index (χ0) is 29.6. The first-order valence-corrected chi connectivity index (χ1v) is 15.8. The number of rotatable bonds is 11. The van der Waals surface area contributed by atoms with Crippen molar-refractivity contribution < 1.29 is 22.4 Å². The Bertz CT molecular complexity index is 1470. The van der Waals surface area contributed by atoms with Gasteiger partial charge in [-0.1, -0.05) is 67.4 Å². The van der Waals surface area contributed by atoms with Gasteiger partial charge in [-0.15, -0.1) is 0 Å². The lowest BCUT2D eigenvalue weighted by Gasteiger charge is -2.34. The molecule has 1 fully saturated rings. The molecule has 0 aliphatic heterocycles. The fraction of sp³-hybridized carbons (Fsp3) is 0.375. The number of nitrogens with one attached hydrogen (secondary N) is 1. The van der Waals surface area contributed by atoms with Gasteiger partial charge in [0.25, 0.3) is 0 Å². The normalized spacial score (nSPS) is 14.4. The Morgan fingerprint density at radius 1 is 0.951 bits per heavy atom. The number of halogens is 1. The predicted octanol–water partition coefficient (Wildman–Crippen LogP) is 4.91. The summed E-state index contributed by atoms with van der Waals surface area (Å²) in [5.74, 6) is -1.43. The molecule has 0 spiro atoms. The molecule has 1 N–H and O–H groups in total. The van der Waals surface area contributed by atoms with Crippen molar-refractivity contribution in [2.24, 2.45) is 0 Å². The van der Waals surface area contributed by atoms with Crippen LogP contribution in [0.1, 0.15) is 47.9 Å². The van der Waals surface area contributed by atoms with Crippen molar-refractivity contribution in [3.8, 4) is 0 Å². The number of hydrogen-bond donors (Lipinski definition) is 1. The minimum Gasteiger partial charge on any atom is -0.352 e. The van der Waals surface area contributed by atoms with Crippen LogP contribution in [0.4, 0.5) is 10.1 Å². The summed E-state index contributed by atoms with van der Waals surface area (Å²) in [4.78, 5) is 29.3. The highest BCUT2D eigenvalue weighted by Gasteiger charge is 2.34. The van der Waals surface area contributed by atoms with E-state index in [1.165, 1.54) is 11.0 Å². The summed E-state index contributed by atoms with van der Waals surface area (Å²) < 4.78 is 41.8. The molecule has 3 aromatic carbocycles. The van der Waals surface area contributed by atoms with Gasteiger partial charge in [0, 0.05) is 24.6 Å². The zero-order valence-electron chi connectivity index (χ0n) is 23.8. The summed E-state index contributed by atoms with van der Waals surface area (Å²) in [7, 11) is -3.87. The Morgan fingerprint density at radius 2 is 1.61 bits per heavy atom. The highest BCUT2D eigenvalue weighted by Crippen LogP contribution is 2.24. The van der Waals surface area contributed by atoms with E-state index in [0.717, 1.165) is 52.9 Å². The second-order valence-corrected chi connectivity index (χ2v) is 12.8. The molecule has 0 heterocycles. The first kappa shape index (κ1) is 30.2. The van der Waals surface area contributed by atoms with Crippen LogP contribution in [0.15, 0.2) is 72.8 Å². The molecule has 9 heteroatoms. The number of carbonyl (C=O) groups excluding carboxylic acids is 2. The van der Waals surface area contributed by atoms with Crippen molar-refractivity contribution in [1.29, 1.82) is 0 Å². The van der Waals surface area contributed by atoms with E-state index in [1.807, 2.05) is 44.2 Å². The molecule has 41 heavy (non-hydrogen) atoms. The summed E-state index contributed by atoms with van der Waals surface area (Å²) in [6, 6.07) is 19.6. The van der Waals surface area contributed by atoms with E-state index in [1.54, 1.807) is 36.4 Å². The SMILES string of the molecule is Cc1ccc(N(CC(=O)N(Cc2ccccc2F)C(Cc2ccccc2)C(=O)NC2CCCC2)S(C)(=O)=O)cc1C. The third kappa shape index (κ3) is 7.94. The third-order valence-corrected chi connectivity index (χ3v) is 8.87. The second kappa shape index (κ2) is 13.3. The van der Waals surface area contributed by atoms with E-state index in [-0.39, 0.29) is 30.5 Å². The number of hydrogen-bond acceptors (Lipinski definition) is 4. The number of sulfonamides is 1. The Hall–Kier alpha value is -3.72. The van der Waals surface area contributed by atoms with E-state index < -0.39 is 34.3 Å². The molecule has 4 rings (SSSR count). The van der Waals surface area contributed by atoms with Crippen LogP contribution in [-0.2, 0) is 32.6 Å². The Labute approximate surface area is 242 Å². The van der Waals surface area contributed by atoms with Crippen LogP contribution in [0.25, 0.3) is 0 Å². The zero-order valence-corrected chi connectivity index (χ0v) is 24.7. The van der Waals surface area contributed by atoms with Gasteiger partial charge in [-0.25, -0.2) is 12.8 Å². The number of carbonyl (C=O) groups is 2. The van der Waals surface area contributed by atoms with E-state index in [9.17, 15) is 22.4 Å². The van der Waals surface area contributed by atoms with Crippen molar-refractivity contribution in [3.63, 3.8) is 0 Å². The topological polar surface area (TPSA) is 86.8 Å². The van der Waals surface area contributed by atoms with Crippen molar-refractivity contribution >= 4 is 27.5 Å². The quantitative estimate of drug-likeness (QED) is 0.350. The van der Waals surface area contributed by atoms with Crippen LogP contribution >= 0.6 is 0 Å². The molecule has 1 atom stereocenters. The average Bonchev–Trinajstić information content (AvgIpc) is 3.44. The number of amides is 2. The first-order chi connectivity index (χ1) is 19.5. The minimum absolute atomic E-state index is 0.00855. The van der Waals surface area contributed by atoms with Crippen molar-refractivity contribution in [3.05, 3.63) is 101 Å². The Balaban J connectivity index is 1.74. The monoisotopic (exact) mass is 579 g/mol. The number of aryl methyl sites for hydroxylation is 2. The smallest absolute Gasteiger partial charge is 0.244 e. The van der Waals surface area contributed by atoms with Crippen molar-refractivity contribution in [2.45, 2.75) is 64.6 Å². The van der Waals surface area contributed by atoms with Gasteiger partial charge in [-0.3, -0.25) is 13.9 Å². The molecule has 3 aromatic rings. The average molecular weight is 580 g/mol. The van der Waals surface area contributed by atoms with E-state index in [4.69, 9.17) is 0 Å². The molecular formula is C32H38FN3O4S. The van der Waals surface area contributed by atoms with E-state index >= 15 is 0 Å². The largest absolute Gasteiger partial charge is 0.352 e. The second-order valence-electron chi connectivity index (χ2n) is 10.8. The molecule has 0 aromatic heterocycles. The third-order valence-electron chi connectivity index (χ3n) is 7.73. The van der Waals surface area contributed by atoms with Crippen molar-refractivity contribution in [1.82, 2.24) is 10.2 Å². The highest BCUT2D eigenvalue weighted by molar-refractivity contribution is 7.92. The van der Waals surface area contributed by atoms with Gasteiger partial charge in [-0.05, 0) is 61.6 Å². The van der Waals surface area contributed by atoms with Gasteiger partial charge in [0.15, 0.2) is 0 Å². The summed E-state index contributed by atoms with van der Waals surface area (Å²) in [6.45, 7) is 3.07. The van der Waals surface area contributed by atoms with E-state index in [2.05, 4.69) is 5.32 Å². The molecule has 7 nitrogen and oxygen atoms in total. The Morgan fingerprint density at radius 3 is 2.24 bits per heavy atom. The van der Waals surface area contributed by atoms with Crippen LogP contribution in [0, 0.1) is 19.7 Å². The fourth-order valence-electron chi connectivity index (χ4n) is 5.23. The van der Waals surface area contributed by atoms with Crippen LogP contribution in [-0.4, -0.2) is 50.0 Å². The number of nitrogens with zero attached hydrogens (tertiary/aromatic N) is 2. The van der Waals surface area contributed by atoms with Crippen LogP contribution in [0.5, 0.6) is 0 Å². The van der Waals surface area contributed by atoms with Crippen LogP contribution < -0.4 is 9.62 Å². The lowest BCUT2D eigenvalue weighted by atomic mass is 10.0. The number of anilines is 1. The molecule has 0 saturated heterocycles. The van der Waals surface area contributed by atoms with E-state index in [0.29, 0.717) is 5.69 Å². The van der Waals surface area contributed by atoms with Gasteiger partial charge in [0.1, 0.15) is 18.4 Å². The molecular weight excluding hydrogens is 541 g/mol. The highest BCUT2D eigenvalue weighted by atomic mass is 32.2. The fourth-order valence-corrected chi connectivity index (χ4v) is 6.07. The maximum absolute atomic E-state index is 14.9. The molecule has 218 valence electrons. The Kier molecular flexibility index (Phi) is 9.81. The van der Waals surface area contributed by atoms with Crippen LogP contribution in [0.3, 0.4) is 0 Å². The lowest BCUT2D eigenvalue weighted by Crippen LogP contribution is -2.54. The summed E-state index contributed by atoms with van der Waals surface area (Å²) in [5.41, 5.74) is 3.29. The maximum atomic E-state index is 14.9. The first-order valence-electron chi connectivity index (χ1n) is 13.9. The molecule has 1 aliphatic rings. The molecule has 0 radical (unpaired) electrons. The van der Waals surface area contributed by atoms with Gasteiger partial charge in [0.2, 0.25) is 21.8 Å². The minimum atomic E-state index is -3.87. The molecule has 1 unspecified atom stereocenters. The van der Waals surface area contributed by atoms with Crippen LogP contribution in [0.2, 0.25) is 0 Å². The number of benzene rings is 3. The molecule has 1 aliphatic carbocycles. The molecule has 0 bridgehead atoms. The van der Waals surface area contributed by atoms with Gasteiger partial charge < -0.3 is 10.2 Å². The predicted molar refractivity (Wildman–Crippen MR) is 159 cm³/mol. The van der Waals surface area contributed by atoms with Crippen molar-refractivity contribution in [2.75, 3.05) is 17.1 Å². The summed E-state index contributed by atoms with van der Waals surface area (Å²) in [5, 5.41) is 3.11. The standard InChI is InChI=1S/C32H38FN3O4S/c1-23-17-18-28(19-24(23)2)36(41(3,39)40)22-31(37)35(21-26-13-7-10-16-29(26)33)30(20-25-11-5-4-6-12-25)32(38)34-27-14-8-9-15-27/h4-7,10-13,16-19,27,30H,8-9,14-15,20-22H2,1-3H3,(H,34,38). The molecule has 2 amide bonds. The summed E-state index contributed by atoms with van der Waals surface area (Å²) in [6.07, 6.45) is 5.00.